The Kier molecular flexibility index (Phi) is 4.30. The lowest BCUT2D eigenvalue weighted by Crippen LogP contribution is -2.36. The molecule has 0 aliphatic carbocycles. The summed E-state index contributed by atoms with van der Waals surface area (Å²) in [6.07, 6.45) is 4.02. The van der Waals surface area contributed by atoms with Gasteiger partial charge in [0.05, 0.1) is 11.9 Å². The van der Waals surface area contributed by atoms with Gasteiger partial charge in [-0.05, 0) is 57.2 Å². The fraction of sp³-hybridized carbons (Fsp3) is 0.316. The number of nitrogens with two attached hydrogens (primary N) is 1. The smallest absolute Gasteiger partial charge is 0.248 e. The molecule has 7 heteroatoms. The third-order valence-corrected chi connectivity index (χ3v) is 4.90. The van der Waals surface area contributed by atoms with E-state index in [9.17, 15) is 4.79 Å². The zero-order valence-electron chi connectivity index (χ0n) is 14.7. The lowest BCUT2D eigenvalue weighted by Gasteiger charge is -2.29. The standard InChI is InChI=1S/C19H22N6O/c1-24-10-8-15(9-11-24)22-17-6-7-18-21-12-16(25(18)23-17)13-2-4-14(5-3-13)19(20)26/h2-7,12,15H,8-11H2,1H3,(H2,20,26)(H,22,23). The average Bonchev–Trinajstić information content (AvgIpc) is 3.07. The quantitative estimate of drug-likeness (QED) is 0.751. The van der Waals surface area contributed by atoms with Crippen molar-refractivity contribution in [2.24, 2.45) is 5.73 Å². The number of carbonyl (C=O) groups is 1. The number of hydrogen-bond acceptors (Lipinski definition) is 5. The van der Waals surface area contributed by atoms with Crippen molar-refractivity contribution in [2.45, 2.75) is 18.9 Å². The molecule has 0 radical (unpaired) electrons. The third kappa shape index (κ3) is 3.25. The summed E-state index contributed by atoms with van der Waals surface area (Å²) in [5.41, 5.74) is 8.40. The Labute approximate surface area is 151 Å². The van der Waals surface area contributed by atoms with E-state index in [2.05, 4.69) is 22.2 Å². The highest BCUT2D eigenvalue weighted by Crippen LogP contribution is 2.22. The molecule has 0 saturated carbocycles. The van der Waals surface area contributed by atoms with E-state index in [4.69, 9.17) is 10.8 Å². The van der Waals surface area contributed by atoms with Crippen LogP contribution in [0.1, 0.15) is 23.2 Å². The first kappa shape index (κ1) is 16.5. The molecule has 26 heavy (non-hydrogen) atoms. The van der Waals surface area contributed by atoms with E-state index < -0.39 is 5.91 Å². The molecule has 1 aromatic carbocycles. The summed E-state index contributed by atoms with van der Waals surface area (Å²) in [4.78, 5) is 18.0. The molecule has 2 aromatic heterocycles. The van der Waals surface area contributed by atoms with E-state index in [1.54, 1.807) is 18.3 Å². The number of fused-ring (bicyclic) bond motifs is 1. The first-order valence-corrected chi connectivity index (χ1v) is 8.80. The van der Waals surface area contributed by atoms with Crippen LogP contribution < -0.4 is 11.1 Å². The molecule has 1 amide bonds. The van der Waals surface area contributed by atoms with Gasteiger partial charge in [-0.25, -0.2) is 9.50 Å². The highest BCUT2D eigenvalue weighted by atomic mass is 16.1. The summed E-state index contributed by atoms with van der Waals surface area (Å²) < 4.78 is 1.83. The summed E-state index contributed by atoms with van der Waals surface area (Å²) in [6, 6.07) is 11.5. The Balaban J connectivity index is 1.61. The van der Waals surface area contributed by atoms with Crippen molar-refractivity contribution >= 4 is 17.4 Å². The number of nitrogens with zero attached hydrogens (tertiary/aromatic N) is 4. The molecule has 3 heterocycles. The number of nitrogens with one attached hydrogen (secondary N) is 1. The molecule has 0 bridgehead atoms. The number of anilines is 1. The summed E-state index contributed by atoms with van der Waals surface area (Å²) in [5.74, 6) is 0.414. The first-order valence-electron chi connectivity index (χ1n) is 8.80. The zero-order valence-corrected chi connectivity index (χ0v) is 14.7. The summed E-state index contributed by atoms with van der Waals surface area (Å²) >= 11 is 0. The maximum atomic E-state index is 11.2. The summed E-state index contributed by atoms with van der Waals surface area (Å²) in [7, 11) is 2.15. The second kappa shape index (κ2) is 6.76. The molecular weight excluding hydrogens is 328 g/mol. The van der Waals surface area contributed by atoms with Crippen molar-refractivity contribution in [3.05, 3.63) is 48.2 Å². The largest absolute Gasteiger partial charge is 0.366 e. The summed E-state index contributed by atoms with van der Waals surface area (Å²) in [5, 5.41) is 8.26. The topological polar surface area (TPSA) is 88.5 Å². The predicted molar refractivity (Wildman–Crippen MR) is 101 cm³/mol. The number of amides is 1. The lowest BCUT2D eigenvalue weighted by atomic mass is 10.1. The number of primary amides is 1. The Bertz CT molecular complexity index is 925. The molecule has 1 saturated heterocycles. The predicted octanol–water partition coefficient (Wildman–Crippen LogP) is 2.00. The van der Waals surface area contributed by atoms with Crippen molar-refractivity contribution in [1.82, 2.24) is 19.5 Å². The van der Waals surface area contributed by atoms with Crippen LogP contribution in [0.3, 0.4) is 0 Å². The SMILES string of the molecule is CN1CCC(Nc2ccc3ncc(-c4ccc(C(N)=O)cc4)n3n2)CC1. The van der Waals surface area contributed by atoms with Gasteiger partial charge in [0.25, 0.3) is 0 Å². The van der Waals surface area contributed by atoms with E-state index in [0.29, 0.717) is 11.6 Å². The molecule has 0 spiro atoms. The van der Waals surface area contributed by atoms with Gasteiger partial charge in [0, 0.05) is 17.2 Å². The Morgan fingerprint density at radius 1 is 1.15 bits per heavy atom. The molecule has 0 unspecified atom stereocenters. The van der Waals surface area contributed by atoms with Crippen LogP contribution in [-0.2, 0) is 0 Å². The molecule has 1 aliphatic rings. The van der Waals surface area contributed by atoms with E-state index >= 15 is 0 Å². The molecule has 0 atom stereocenters. The normalized spacial score (nSPS) is 16.0. The minimum absolute atomic E-state index is 0.433. The second-order valence-corrected chi connectivity index (χ2v) is 6.80. The van der Waals surface area contributed by atoms with Crippen LogP contribution in [0, 0.1) is 0 Å². The minimum Gasteiger partial charge on any atom is -0.366 e. The number of piperidine rings is 1. The molecule has 1 fully saturated rings. The van der Waals surface area contributed by atoms with Crippen molar-refractivity contribution in [3.8, 4) is 11.3 Å². The van der Waals surface area contributed by atoms with E-state index in [-0.39, 0.29) is 0 Å². The van der Waals surface area contributed by atoms with E-state index in [1.165, 1.54) is 0 Å². The van der Waals surface area contributed by atoms with Gasteiger partial charge in [0.2, 0.25) is 5.91 Å². The Morgan fingerprint density at radius 3 is 2.58 bits per heavy atom. The number of likely N-dealkylation sites (tertiary alicyclic amines) is 1. The molecule has 134 valence electrons. The minimum atomic E-state index is -0.433. The Morgan fingerprint density at radius 2 is 1.88 bits per heavy atom. The van der Waals surface area contributed by atoms with Crippen molar-refractivity contribution < 1.29 is 4.79 Å². The number of aromatic nitrogens is 3. The molecule has 3 aromatic rings. The molecule has 3 N–H and O–H groups in total. The van der Waals surface area contributed by atoms with Crippen LogP contribution in [0.15, 0.2) is 42.6 Å². The van der Waals surface area contributed by atoms with Crippen LogP contribution in [0.5, 0.6) is 0 Å². The van der Waals surface area contributed by atoms with Gasteiger partial charge in [-0.1, -0.05) is 12.1 Å². The van der Waals surface area contributed by atoms with Crippen LogP contribution in [0.2, 0.25) is 0 Å². The van der Waals surface area contributed by atoms with E-state index in [0.717, 1.165) is 48.7 Å². The molecule has 4 rings (SSSR count). The van der Waals surface area contributed by atoms with Gasteiger partial charge in [0.15, 0.2) is 5.65 Å². The van der Waals surface area contributed by atoms with Crippen LogP contribution in [0.4, 0.5) is 5.82 Å². The van der Waals surface area contributed by atoms with E-state index in [1.807, 2.05) is 28.8 Å². The van der Waals surface area contributed by atoms with Crippen molar-refractivity contribution in [3.63, 3.8) is 0 Å². The Hall–Kier alpha value is -2.93. The number of benzene rings is 1. The van der Waals surface area contributed by atoms with Crippen LogP contribution in [0.25, 0.3) is 16.9 Å². The molecular formula is C19H22N6O. The van der Waals surface area contributed by atoms with Gasteiger partial charge < -0.3 is 16.0 Å². The van der Waals surface area contributed by atoms with Crippen LogP contribution in [-0.4, -0.2) is 51.6 Å². The van der Waals surface area contributed by atoms with Gasteiger partial charge in [-0.15, -0.1) is 5.10 Å². The van der Waals surface area contributed by atoms with Gasteiger partial charge in [0.1, 0.15) is 5.82 Å². The second-order valence-electron chi connectivity index (χ2n) is 6.80. The van der Waals surface area contributed by atoms with Crippen molar-refractivity contribution in [1.29, 1.82) is 0 Å². The number of carbonyl (C=O) groups excluding carboxylic acids is 1. The van der Waals surface area contributed by atoms with Gasteiger partial charge in [-0.3, -0.25) is 4.79 Å². The number of hydrogen-bond donors (Lipinski definition) is 2. The highest BCUT2D eigenvalue weighted by molar-refractivity contribution is 5.93. The maximum Gasteiger partial charge on any atom is 0.248 e. The van der Waals surface area contributed by atoms with Crippen molar-refractivity contribution in [2.75, 3.05) is 25.5 Å². The highest BCUT2D eigenvalue weighted by Gasteiger charge is 2.17. The van der Waals surface area contributed by atoms with Gasteiger partial charge >= 0.3 is 0 Å². The monoisotopic (exact) mass is 350 g/mol. The fourth-order valence-electron chi connectivity index (χ4n) is 3.31. The first-order chi connectivity index (χ1) is 12.6. The maximum absolute atomic E-state index is 11.2. The van der Waals surface area contributed by atoms with Gasteiger partial charge in [-0.2, -0.15) is 0 Å². The number of rotatable bonds is 4. The molecule has 1 aliphatic heterocycles. The van der Waals surface area contributed by atoms with Crippen LogP contribution >= 0.6 is 0 Å². The number of imidazole rings is 1. The average molecular weight is 350 g/mol. The lowest BCUT2D eigenvalue weighted by molar-refractivity contribution is 0.100. The molecule has 7 nitrogen and oxygen atoms in total. The fourth-order valence-corrected chi connectivity index (χ4v) is 3.31. The summed E-state index contributed by atoms with van der Waals surface area (Å²) in [6.45, 7) is 2.20. The third-order valence-electron chi connectivity index (χ3n) is 4.90. The zero-order chi connectivity index (χ0) is 18.1.